The Morgan fingerprint density at radius 3 is 2.62 bits per heavy atom. The minimum atomic E-state index is -0.416. The molecule has 2 heterocycles. The first kappa shape index (κ1) is 12.7. The number of halogens is 1. The van der Waals surface area contributed by atoms with Gasteiger partial charge in [-0.05, 0) is 18.2 Å². The second-order valence-corrected chi connectivity index (χ2v) is 4.19. The van der Waals surface area contributed by atoms with Gasteiger partial charge < -0.3 is 5.73 Å². The molecule has 0 aliphatic rings. The summed E-state index contributed by atoms with van der Waals surface area (Å²) in [5.74, 6) is -0.0578. The van der Waals surface area contributed by atoms with Crippen LogP contribution in [0.1, 0.15) is 5.56 Å². The number of hydrogen-bond donors (Lipinski definition) is 1. The number of benzene rings is 1. The maximum Gasteiger partial charge on any atom is 0.252 e. The molecule has 3 rings (SSSR count). The van der Waals surface area contributed by atoms with Crippen LogP contribution in [0.25, 0.3) is 17.2 Å². The fourth-order valence-corrected chi connectivity index (χ4v) is 1.93. The maximum atomic E-state index is 13.3. The van der Waals surface area contributed by atoms with Crippen molar-refractivity contribution in [2.45, 2.75) is 0 Å². The van der Waals surface area contributed by atoms with Crippen LogP contribution in [0.2, 0.25) is 0 Å². The standard InChI is InChI=1S/C14H9FN6/c15-10-4-1-3-9(7-10)12-11(8-16)13(17)21(20-12)14-18-5-2-6-19-14/h1-7H,17H2. The number of aromatic nitrogens is 4. The summed E-state index contributed by atoms with van der Waals surface area (Å²) < 4.78 is 14.6. The summed E-state index contributed by atoms with van der Waals surface area (Å²) in [5, 5.41) is 13.5. The highest BCUT2D eigenvalue weighted by molar-refractivity contribution is 5.73. The summed E-state index contributed by atoms with van der Waals surface area (Å²) >= 11 is 0. The van der Waals surface area contributed by atoms with Gasteiger partial charge in [-0.3, -0.25) is 0 Å². The van der Waals surface area contributed by atoms with Crippen LogP contribution in [-0.2, 0) is 0 Å². The third-order valence-electron chi connectivity index (χ3n) is 2.87. The molecule has 0 atom stereocenters. The molecule has 0 bridgehead atoms. The summed E-state index contributed by atoms with van der Waals surface area (Å²) in [4.78, 5) is 8.07. The molecule has 0 aliphatic heterocycles. The lowest BCUT2D eigenvalue weighted by atomic mass is 10.1. The van der Waals surface area contributed by atoms with Crippen LogP contribution >= 0.6 is 0 Å². The molecular weight excluding hydrogens is 271 g/mol. The molecule has 2 N–H and O–H groups in total. The van der Waals surface area contributed by atoms with Crippen LogP contribution in [0.5, 0.6) is 0 Å². The normalized spacial score (nSPS) is 10.3. The molecular formula is C14H9FN6. The predicted octanol–water partition coefficient (Wildman–Crippen LogP) is 1.92. The van der Waals surface area contributed by atoms with Crippen LogP contribution in [0.15, 0.2) is 42.7 Å². The number of hydrogen-bond acceptors (Lipinski definition) is 5. The van der Waals surface area contributed by atoms with Crippen molar-refractivity contribution in [1.82, 2.24) is 19.7 Å². The molecule has 1 aromatic carbocycles. The third-order valence-corrected chi connectivity index (χ3v) is 2.87. The van der Waals surface area contributed by atoms with Gasteiger partial charge in [0, 0.05) is 18.0 Å². The summed E-state index contributed by atoms with van der Waals surface area (Å²) in [5.41, 5.74) is 6.85. The van der Waals surface area contributed by atoms with Gasteiger partial charge in [0.05, 0.1) is 0 Å². The number of nitrogens with two attached hydrogens (primary N) is 1. The Morgan fingerprint density at radius 2 is 1.95 bits per heavy atom. The highest BCUT2D eigenvalue weighted by Crippen LogP contribution is 2.28. The molecule has 2 aromatic heterocycles. The molecule has 0 unspecified atom stereocenters. The Bertz CT molecular complexity index is 834. The molecule has 7 heteroatoms. The van der Waals surface area contributed by atoms with Crippen molar-refractivity contribution in [2.75, 3.05) is 5.73 Å². The number of nitrogens with zero attached hydrogens (tertiary/aromatic N) is 5. The Balaban J connectivity index is 2.22. The van der Waals surface area contributed by atoms with E-state index in [1.165, 1.54) is 29.2 Å². The summed E-state index contributed by atoms with van der Waals surface area (Å²) in [6, 6.07) is 9.44. The molecule has 0 saturated heterocycles. The quantitative estimate of drug-likeness (QED) is 0.774. The number of anilines is 1. The summed E-state index contributed by atoms with van der Waals surface area (Å²) in [6.45, 7) is 0. The number of rotatable bonds is 2. The maximum absolute atomic E-state index is 13.3. The van der Waals surface area contributed by atoms with E-state index in [9.17, 15) is 9.65 Å². The molecule has 6 nitrogen and oxygen atoms in total. The van der Waals surface area contributed by atoms with Gasteiger partial charge in [-0.2, -0.15) is 15.0 Å². The van der Waals surface area contributed by atoms with E-state index < -0.39 is 5.82 Å². The molecule has 3 aromatic rings. The zero-order chi connectivity index (χ0) is 14.8. The molecule has 0 spiro atoms. The second-order valence-electron chi connectivity index (χ2n) is 4.19. The molecule has 0 radical (unpaired) electrons. The van der Waals surface area contributed by atoms with Gasteiger partial charge in [-0.1, -0.05) is 12.1 Å². The SMILES string of the molecule is N#Cc1c(-c2cccc(F)c2)nn(-c2ncccn2)c1N. The highest BCUT2D eigenvalue weighted by atomic mass is 19.1. The fourth-order valence-electron chi connectivity index (χ4n) is 1.93. The Hall–Kier alpha value is -3.27. The van der Waals surface area contributed by atoms with Crippen molar-refractivity contribution in [3.05, 3.63) is 54.1 Å². The van der Waals surface area contributed by atoms with Crippen molar-refractivity contribution in [3.8, 4) is 23.3 Å². The first-order valence-electron chi connectivity index (χ1n) is 6.02. The van der Waals surface area contributed by atoms with Gasteiger partial charge in [-0.25, -0.2) is 14.4 Å². The largest absolute Gasteiger partial charge is 0.382 e. The Morgan fingerprint density at radius 1 is 1.19 bits per heavy atom. The van der Waals surface area contributed by atoms with E-state index in [1.54, 1.807) is 18.2 Å². The van der Waals surface area contributed by atoms with Crippen molar-refractivity contribution in [2.24, 2.45) is 0 Å². The third kappa shape index (κ3) is 2.19. The minimum Gasteiger partial charge on any atom is -0.382 e. The van der Waals surface area contributed by atoms with Crippen molar-refractivity contribution in [1.29, 1.82) is 5.26 Å². The van der Waals surface area contributed by atoms with E-state index in [2.05, 4.69) is 15.1 Å². The predicted molar refractivity (Wildman–Crippen MR) is 73.7 cm³/mol. The van der Waals surface area contributed by atoms with E-state index in [0.29, 0.717) is 11.3 Å². The molecule has 0 amide bonds. The molecule has 102 valence electrons. The fraction of sp³-hybridized carbons (Fsp3) is 0. The summed E-state index contributed by atoms with van der Waals surface area (Å²) in [6.07, 6.45) is 3.08. The molecule has 0 aliphatic carbocycles. The number of nitriles is 1. The Labute approximate surface area is 119 Å². The zero-order valence-electron chi connectivity index (χ0n) is 10.7. The van der Waals surface area contributed by atoms with Crippen molar-refractivity contribution >= 4 is 5.82 Å². The highest BCUT2D eigenvalue weighted by Gasteiger charge is 2.19. The smallest absolute Gasteiger partial charge is 0.252 e. The van der Waals surface area contributed by atoms with Gasteiger partial charge in [0.25, 0.3) is 5.95 Å². The van der Waals surface area contributed by atoms with Gasteiger partial charge in [0.1, 0.15) is 29.0 Å². The second kappa shape index (κ2) is 5.02. The van der Waals surface area contributed by atoms with Crippen LogP contribution < -0.4 is 5.73 Å². The van der Waals surface area contributed by atoms with Crippen LogP contribution in [-0.4, -0.2) is 19.7 Å². The monoisotopic (exact) mass is 280 g/mol. The zero-order valence-corrected chi connectivity index (χ0v) is 10.7. The lowest BCUT2D eigenvalue weighted by Gasteiger charge is -1.99. The van der Waals surface area contributed by atoms with E-state index in [1.807, 2.05) is 6.07 Å². The topological polar surface area (TPSA) is 93.4 Å². The van der Waals surface area contributed by atoms with E-state index >= 15 is 0 Å². The lowest BCUT2D eigenvalue weighted by Crippen LogP contribution is -2.06. The number of nitrogen functional groups attached to an aromatic ring is 1. The van der Waals surface area contributed by atoms with Crippen molar-refractivity contribution in [3.63, 3.8) is 0 Å². The average molecular weight is 280 g/mol. The minimum absolute atomic E-state index is 0.114. The van der Waals surface area contributed by atoms with Gasteiger partial charge in [0.2, 0.25) is 0 Å². The van der Waals surface area contributed by atoms with Crippen LogP contribution in [0.4, 0.5) is 10.2 Å². The molecule has 21 heavy (non-hydrogen) atoms. The Kier molecular flexibility index (Phi) is 3.04. The average Bonchev–Trinajstić information content (AvgIpc) is 2.85. The molecule has 0 fully saturated rings. The van der Waals surface area contributed by atoms with E-state index in [0.717, 1.165) is 0 Å². The van der Waals surface area contributed by atoms with Gasteiger partial charge >= 0.3 is 0 Å². The van der Waals surface area contributed by atoms with Gasteiger partial charge in [-0.15, -0.1) is 0 Å². The van der Waals surface area contributed by atoms with Crippen molar-refractivity contribution < 1.29 is 4.39 Å². The van der Waals surface area contributed by atoms with E-state index in [-0.39, 0.29) is 17.3 Å². The first-order valence-corrected chi connectivity index (χ1v) is 6.02. The van der Waals surface area contributed by atoms with E-state index in [4.69, 9.17) is 5.73 Å². The molecule has 0 saturated carbocycles. The van der Waals surface area contributed by atoms with Crippen LogP contribution in [0, 0.1) is 17.1 Å². The van der Waals surface area contributed by atoms with Crippen LogP contribution in [0.3, 0.4) is 0 Å². The summed E-state index contributed by atoms with van der Waals surface area (Å²) in [7, 11) is 0. The van der Waals surface area contributed by atoms with Gasteiger partial charge in [0.15, 0.2) is 0 Å². The lowest BCUT2D eigenvalue weighted by molar-refractivity contribution is 0.628. The first-order chi connectivity index (χ1) is 10.2.